The maximum Gasteiger partial charge on any atom is 0.250 e. The number of hydrogen-bond donors (Lipinski definition) is 0. The van der Waals surface area contributed by atoms with Crippen molar-refractivity contribution in [2.75, 3.05) is 0 Å². The van der Waals surface area contributed by atoms with Gasteiger partial charge < -0.3 is 4.43 Å². The molecule has 5 heteroatoms. The van der Waals surface area contributed by atoms with Crippen LogP contribution in [0.4, 0.5) is 0 Å². The van der Waals surface area contributed by atoms with E-state index < -0.39 is 16.6 Å². The number of allylic oxidation sites excluding steroid dienone is 1. The van der Waals surface area contributed by atoms with Gasteiger partial charge in [0.05, 0.1) is 0 Å². The smallest absolute Gasteiger partial charge is 0.250 e. The van der Waals surface area contributed by atoms with Crippen LogP contribution in [0.3, 0.4) is 0 Å². The van der Waals surface area contributed by atoms with Crippen molar-refractivity contribution in [3.63, 3.8) is 0 Å². The lowest BCUT2D eigenvalue weighted by Gasteiger charge is -2.37. The molecule has 0 aliphatic heterocycles. The molecule has 172 valence electrons. The van der Waals surface area contributed by atoms with Crippen LogP contribution in [-0.4, -0.2) is 16.6 Å². The van der Waals surface area contributed by atoms with Crippen molar-refractivity contribution >= 4 is 16.6 Å². The Hall–Kier alpha value is -0.886. The molecule has 1 aromatic carbocycles. The minimum Gasteiger partial charge on any atom is -0.543 e. The minimum absolute atomic E-state index is 0.105. The molecule has 0 radical (unpaired) electrons. The van der Waals surface area contributed by atoms with Gasteiger partial charge in [-0.1, -0.05) is 73.6 Å². The average molecular weight is 451 g/mol. The molecule has 0 atom stereocenters. The van der Waals surface area contributed by atoms with Crippen LogP contribution < -0.4 is 4.43 Å². The molecule has 0 aliphatic carbocycles. The number of rotatable bonds is 8. The first-order valence-corrected chi connectivity index (χ1v) is 16.8. The summed E-state index contributed by atoms with van der Waals surface area (Å²) in [5.41, 5.74) is 3.22. The van der Waals surface area contributed by atoms with E-state index >= 15 is 0 Å². The van der Waals surface area contributed by atoms with E-state index in [4.69, 9.17) is 13.9 Å². The summed E-state index contributed by atoms with van der Waals surface area (Å²) >= 11 is 0. The lowest BCUT2D eigenvalue weighted by molar-refractivity contribution is -0.231. The normalized spacial score (nSPS) is 14.0. The van der Waals surface area contributed by atoms with Crippen molar-refractivity contribution in [3.05, 3.63) is 41.5 Å². The Kier molecular flexibility index (Phi) is 8.08. The summed E-state index contributed by atoms with van der Waals surface area (Å²) in [5.74, 6) is 0.931. The van der Waals surface area contributed by atoms with Crippen LogP contribution in [0.5, 0.6) is 5.75 Å². The highest BCUT2D eigenvalue weighted by Gasteiger charge is 2.40. The van der Waals surface area contributed by atoms with E-state index in [2.05, 4.69) is 113 Å². The summed E-state index contributed by atoms with van der Waals surface area (Å²) < 4.78 is 12.6. The predicted molar refractivity (Wildman–Crippen MR) is 135 cm³/mol. The van der Waals surface area contributed by atoms with E-state index in [1.807, 2.05) is 0 Å². The van der Waals surface area contributed by atoms with Gasteiger partial charge in [-0.15, -0.1) is 0 Å². The number of hydrogen-bond acceptors (Lipinski definition) is 3. The molecule has 0 saturated heterocycles. The Morgan fingerprint density at radius 3 is 1.80 bits per heavy atom. The molecule has 1 aromatic rings. The van der Waals surface area contributed by atoms with Crippen molar-refractivity contribution in [1.82, 2.24) is 0 Å². The summed E-state index contributed by atoms with van der Waals surface area (Å²) in [7, 11) is -3.88. The lowest BCUT2D eigenvalue weighted by atomic mass is 9.77. The second-order valence-electron chi connectivity index (χ2n) is 12.2. The lowest BCUT2D eigenvalue weighted by Crippen LogP contribution is -2.43. The Labute approximate surface area is 188 Å². The zero-order valence-electron chi connectivity index (χ0n) is 21.9. The van der Waals surface area contributed by atoms with Crippen LogP contribution in [-0.2, 0) is 21.5 Å². The molecule has 0 bridgehead atoms. The van der Waals surface area contributed by atoms with Gasteiger partial charge in [-0.2, -0.15) is 0 Å². The molecule has 0 spiro atoms. The third-order valence-corrected chi connectivity index (χ3v) is 15.8. The summed E-state index contributed by atoms with van der Waals surface area (Å²) in [6.07, 6.45) is 0. The van der Waals surface area contributed by atoms with Crippen molar-refractivity contribution in [3.8, 4) is 5.75 Å². The minimum atomic E-state index is -1.97. The average Bonchev–Trinajstić information content (AvgIpc) is 2.53. The first-order valence-electron chi connectivity index (χ1n) is 11.0. The highest BCUT2D eigenvalue weighted by molar-refractivity contribution is 6.74. The van der Waals surface area contributed by atoms with Crippen molar-refractivity contribution in [2.45, 2.75) is 111 Å². The zero-order valence-corrected chi connectivity index (χ0v) is 23.9. The first kappa shape index (κ1) is 27.1. The van der Waals surface area contributed by atoms with Crippen LogP contribution in [0.2, 0.25) is 36.3 Å². The molecule has 0 N–H and O–H groups in total. The summed E-state index contributed by atoms with van der Waals surface area (Å²) in [5, 5.41) is 0.253. The van der Waals surface area contributed by atoms with Gasteiger partial charge in [-0.25, -0.2) is 4.89 Å². The molecule has 1 rings (SSSR count). The van der Waals surface area contributed by atoms with E-state index in [0.717, 1.165) is 16.9 Å². The molecule has 0 amide bonds. The highest BCUT2D eigenvalue weighted by Crippen LogP contribution is 2.41. The van der Waals surface area contributed by atoms with E-state index in [1.165, 1.54) is 5.56 Å². The van der Waals surface area contributed by atoms with Crippen molar-refractivity contribution in [1.29, 1.82) is 0 Å². The standard InChI is InChI=1S/C25H46O3Si2/c1-19(2)25(9,10)22-17-21(27-29(11,12)23(3,4)5)16-15-20(22)18-26-28-30(13,14)24(6,7)8/h15-17H,1,18H2,2-14H3. The first-order chi connectivity index (χ1) is 13.2. The number of benzene rings is 1. The van der Waals surface area contributed by atoms with Gasteiger partial charge in [0.2, 0.25) is 16.6 Å². The van der Waals surface area contributed by atoms with Gasteiger partial charge >= 0.3 is 0 Å². The topological polar surface area (TPSA) is 27.7 Å². The van der Waals surface area contributed by atoms with Crippen LogP contribution in [0.15, 0.2) is 30.4 Å². The Balaban J connectivity index is 3.23. The SMILES string of the molecule is C=C(C)C(C)(C)c1cc(O[Si](C)(C)C(C)(C)C)ccc1COO[Si](C)(C)C(C)(C)C. The third-order valence-electron chi connectivity index (χ3n) is 7.29. The Morgan fingerprint density at radius 1 is 0.867 bits per heavy atom. The van der Waals surface area contributed by atoms with Gasteiger partial charge in [0, 0.05) is 5.41 Å². The Bertz CT molecular complexity index is 751. The van der Waals surface area contributed by atoms with Crippen LogP contribution in [0, 0.1) is 0 Å². The fourth-order valence-electron chi connectivity index (χ4n) is 2.37. The second kappa shape index (κ2) is 8.93. The highest BCUT2D eigenvalue weighted by atomic mass is 28.4. The maximum atomic E-state index is 6.58. The van der Waals surface area contributed by atoms with Crippen LogP contribution in [0.1, 0.15) is 73.4 Å². The fraction of sp³-hybridized carbons (Fsp3) is 0.680. The van der Waals surface area contributed by atoms with Crippen molar-refractivity contribution < 1.29 is 13.9 Å². The summed E-state index contributed by atoms with van der Waals surface area (Å²) in [6, 6.07) is 6.38. The molecule has 30 heavy (non-hydrogen) atoms. The molecular formula is C25H46O3Si2. The molecule has 0 heterocycles. The van der Waals surface area contributed by atoms with Gasteiger partial charge in [0.15, 0.2) is 0 Å². The largest absolute Gasteiger partial charge is 0.543 e. The Morgan fingerprint density at radius 2 is 1.37 bits per heavy atom. The molecular weight excluding hydrogens is 404 g/mol. The zero-order chi connectivity index (χ0) is 23.8. The predicted octanol–water partition coefficient (Wildman–Crippen LogP) is 8.38. The molecule has 3 nitrogen and oxygen atoms in total. The van der Waals surface area contributed by atoms with E-state index in [0.29, 0.717) is 6.61 Å². The maximum absolute atomic E-state index is 6.58. The van der Waals surface area contributed by atoms with E-state index in [1.54, 1.807) is 0 Å². The van der Waals surface area contributed by atoms with Gasteiger partial charge in [-0.3, -0.25) is 4.58 Å². The monoisotopic (exact) mass is 450 g/mol. The van der Waals surface area contributed by atoms with Crippen LogP contribution >= 0.6 is 0 Å². The van der Waals surface area contributed by atoms with Gasteiger partial charge in [-0.05, 0) is 66.4 Å². The van der Waals surface area contributed by atoms with E-state index in [9.17, 15) is 0 Å². The van der Waals surface area contributed by atoms with Crippen molar-refractivity contribution in [2.24, 2.45) is 0 Å². The summed E-state index contributed by atoms with van der Waals surface area (Å²) in [6.45, 7) is 33.5. The molecule has 0 saturated carbocycles. The molecule has 0 aliphatic rings. The van der Waals surface area contributed by atoms with Crippen LogP contribution in [0.25, 0.3) is 0 Å². The summed E-state index contributed by atoms with van der Waals surface area (Å²) in [4.78, 5) is 5.82. The van der Waals surface area contributed by atoms with E-state index in [-0.39, 0.29) is 15.5 Å². The molecule has 0 unspecified atom stereocenters. The second-order valence-corrected chi connectivity index (χ2v) is 21.6. The fourth-order valence-corrected chi connectivity index (χ4v) is 4.00. The van der Waals surface area contributed by atoms with Gasteiger partial charge in [0.25, 0.3) is 0 Å². The third kappa shape index (κ3) is 6.31. The molecule has 0 aromatic heterocycles. The molecule has 0 fully saturated rings. The van der Waals surface area contributed by atoms with Gasteiger partial charge in [0.1, 0.15) is 12.4 Å². The quantitative estimate of drug-likeness (QED) is 0.172.